The molecule has 116 valence electrons. The maximum absolute atomic E-state index is 12.2. The van der Waals surface area contributed by atoms with E-state index >= 15 is 0 Å². The van der Waals surface area contributed by atoms with Gasteiger partial charge < -0.3 is 5.73 Å². The first-order chi connectivity index (χ1) is 9.70. The van der Waals surface area contributed by atoms with Crippen LogP contribution in [0.3, 0.4) is 0 Å². The summed E-state index contributed by atoms with van der Waals surface area (Å²) in [5, 5.41) is -0.684. The van der Waals surface area contributed by atoms with Crippen molar-refractivity contribution in [2.45, 2.75) is 18.1 Å². The van der Waals surface area contributed by atoms with Gasteiger partial charge in [-0.1, -0.05) is 12.2 Å². The van der Waals surface area contributed by atoms with Gasteiger partial charge in [-0.2, -0.15) is 0 Å². The summed E-state index contributed by atoms with van der Waals surface area (Å²) in [6.07, 6.45) is 0.255. The van der Waals surface area contributed by atoms with Crippen LogP contribution >= 0.6 is 12.2 Å². The van der Waals surface area contributed by atoms with E-state index in [0.717, 1.165) is 0 Å². The lowest BCUT2D eigenvalue weighted by molar-refractivity contribution is 0.555. The van der Waals surface area contributed by atoms with Gasteiger partial charge in [0.2, 0.25) is 10.0 Å². The highest BCUT2D eigenvalue weighted by molar-refractivity contribution is 7.94. The molecule has 1 aromatic carbocycles. The van der Waals surface area contributed by atoms with Crippen molar-refractivity contribution in [2.24, 2.45) is 5.73 Å². The molecule has 1 aromatic rings. The molecule has 21 heavy (non-hydrogen) atoms. The molecule has 0 saturated carbocycles. The van der Waals surface area contributed by atoms with E-state index in [1.807, 2.05) is 0 Å². The van der Waals surface area contributed by atoms with E-state index in [9.17, 15) is 16.8 Å². The fourth-order valence-electron chi connectivity index (χ4n) is 2.13. The summed E-state index contributed by atoms with van der Waals surface area (Å²) in [5.41, 5.74) is 6.52. The number of nitrogens with one attached hydrogen (secondary N) is 1. The maximum atomic E-state index is 12.2. The molecule has 2 rings (SSSR count). The number of nitrogens with two attached hydrogens (primary N) is 1. The molecule has 3 N–H and O–H groups in total. The minimum atomic E-state index is -3.60. The third-order valence-corrected chi connectivity index (χ3v) is 7.19. The average Bonchev–Trinajstić information content (AvgIpc) is 2.38. The van der Waals surface area contributed by atoms with E-state index < -0.39 is 25.1 Å². The Morgan fingerprint density at radius 3 is 2.19 bits per heavy atom. The molecular formula is C12H16N2O4S3. The van der Waals surface area contributed by atoms with Crippen LogP contribution in [0, 0.1) is 0 Å². The molecule has 0 bridgehead atoms. The van der Waals surface area contributed by atoms with Gasteiger partial charge in [-0.3, -0.25) is 4.72 Å². The van der Waals surface area contributed by atoms with Gasteiger partial charge in [0.1, 0.15) is 14.8 Å². The van der Waals surface area contributed by atoms with Gasteiger partial charge in [0, 0.05) is 11.3 Å². The topological polar surface area (TPSA) is 106 Å². The number of hydrogen-bond donors (Lipinski definition) is 2. The number of sulfone groups is 1. The fraction of sp³-hybridized carbons (Fsp3) is 0.417. The largest absolute Gasteiger partial charge is 0.389 e. The Hall–Kier alpha value is -1.19. The fourth-order valence-corrected chi connectivity index (χ4v) is 5.54. The van der Waals surface area contributed by atoms with E-state index in [1.54, 1.807) is 24.3 Å². The van der Waals surface area contributed by atoms with Crippen LogP contribution in [-0.4, -0.2) is 38.6 Å². The number of thiocarbonyl (C=S) groups is 1. The van der Waals surface area contributed by atoms with Crippen LogP contribution in [0.5, 0.6) is 0 Å². The maximum Gasteiger partial charge on any atom is 0.235 e. The first-order valence-electron chi connectivity index (χ1n) is 6.31. The van der Waals surface area contributed by atoms with Crippen LogP contribution in [0.2, 0.25) is 0 Å². The van der Waals surface area contributed by atoms with Crippen LogP contribution in [0.15, 0.2) is 24.3 Å². The summed E-state index contributed by atoms with van der Waals surface area (Å²) < 4.78 is 49.6. The van der Waals surface area contributed by atoms with Crippen molar-refractivity contribution < 1.29 is 16.8 Å². The van der Waals surface area contributed by atoms with Crippen LogP contribution < -0.4 is 10.5 Å². The minimum Gasteiger partial charge on any atom is -0.389 e. The average molecular weight is 348 g/mol. The first-order valence-corrected chi connectivity index (χ1v) is 10.1. The van der Waals surface area contributed by atoms with Crippen LogP contribution in [0.4, 0.5) is 5.69 Å². The molecule has 0 atom stereocenters. The normalized spacial score (nSPS) is 19.0. The van der Waals surface area contributed by atoms with Crippen molar-refractivity contribution in [3.8, 4) is 0 Å². The van der Waals surface area contributed by atoms with Crippen molar-refractivity contribution in [3.63, 3.8) is 0 Å². The second-order valence-corrected chi connectivity index (χ2v) is 9.64. The molecule has 1 heterocycles. The van der Waals surface area contributed by atoms with Crippen molar-refractivity contribution in [1.82, 2.24) is 0 Å². The number of hydrogen-bond acceptors (Lipinski definition) is 5. The quantitative estimate of drug-likeness (QED) is 0.774. The number of rotatable bonds is 4. The SMILES string of the molecule is NC(=S)c1ccc(NS(=O)(=O)C2CCS(=O)(=O)CC2)cc1. The lowest BCUT2D eigenvalue weighted by Crippen LogP contribution is -2.36. The summed E-state index contributed by atoms with van der Waals surface area (Å²) in [6.45, 7) is 0. The van der Waals surface area contributed by atoms with Crippen LogP contribution in [0.25, 0.3) is 0 Å². The van der Waals surface area contributed by atoms with Gasteiger partial charge in [-0.05, 0) is 37.1 Å². The van der Waals surface area contributed by atoms with Crippen molar-refractivity contribution >= 4 is 42.8 Å². The van der Waals surface area contributed by atoms with Gasteiger partial charge in [0.15, 0.2) is 0 Å². The molecule has 0 aliphatic carbocycles. The lowest BCUT2D eigenvalue weighted by Gasteiger charge is -2.22. The van der Waals surface area contributed by atoms with Gasteiger partial charge in [-0.15, -0.1) is 0 Å². The lowest BCUT2D eigenvalue weighted by atomic mass is 10.2. The van der Waals surface area contributed by atoms with E-state index in [2.05, 4.69) is 4.72 Å². The molecular weight excluding hydrogens is 332 g/mol. The Kier molecular flexibility index (Phi) is 4.54. The third kappa shape index (κ3) is 4.14. The smallest absolute Gasteiger partial charge is 0.235 e. The second-order valence-electron chi connectivity index (χ2n) is 4.94. The molecule has 9 heteroatoms. The molecule has 1 aliphatic rings. The first kappa shape index (κ1) is 16.2. The third-order valence-electron chi connectivity index (χ3n) is 3.37. The van der Waals surface area contributed by atoms with Gasteiger partial charge in [0.25, 0.3) is 0 Å². The molecule has 0 aromatic heterocycles. The molecule has 0 radical (unpaired) electrons. The predicted molar refractivity (Wildman–Crippen MR) is 86.5 cm³/mol. The minimum absolute atomic E-state index is 0.0844. The molecule has 0 unspecified atom stereocenters. The monoisotopic (exact) mass is 348 g/mol. The standard InChI is InChI=1S/C12H16N2O4S3/c13-12(19)9-1-3-10(4-2-9)14-21(17,18)11-5-7-20(15,16)8-6-11/h1-4,11,14H,5-8H2,(H2,13,19). The molecule has 1 aliphatic heterocycles. The highest BCUT2D eigenvalue weighted by Gasteiger charge is 2.32. The highest BCUT2D eigenvalue weighted by Crippen LogP contribution is 2.22. The van der Waals surface area contributed by atoms with Gasteiger partial charge >= 0.3 is 0 Å². The molecule has 1 saturated heterocycles. The zero-order chi connectivity index (χ0) is 15.7. The molecule has 1 fully saturated rings. The summed E-state index contributed by atoms with van der Waals surface area (Å²) >= 11 is 4.82. The van der Waals surface area contributed by atoms with Crippen LogP contribution in [0.1, 0.15) is 18.4 Å². The van der Waals surface area contributed by atoms with E-state index in [0.29, 0.717) is 11.3 Å². The van der Waals surface area contributed by atoms with Crippen molar-refractivity contribution in [3.05, 3.63) is 29.8 Å². The van der Waals surface area contributed by atoms with Crippen LogP contribution in [-0.2, 0) is 19.9 Å². The Morgan fingerprint density at radius 2 is 1.71 bits per heavy atom. The van der Waals surface area contributed by atoms with Gasteiger partial charge in [0.05, 0.1) is 16.8 Å². The Morgan fingerprint density at radius 1 is 1.19 bits per heavy atom. The summed E-state index contributed by atoms with van der Waals surface area (Å²) in [4.78, 5) is 0.238. The molecule has 0 spiro atoms. The zero-order valence-corrected chi connectivity index (χ0v) is 13.6. The number of anilines is 1. The van der Waals surface area contributed by atoms with E-state index in [1.165, 1.54) is 0 Å². The summed E-state index contributed by atoms with van der Waals surface area (Å²) in [7, 11) is -6.68. The highest BCUT2D eigenvalue weighted by atomic mass is 32.2. The number of sulfonamides is 1. The zero-order valence-electron chi connectivity index (χ0n) is 11.2. The molecule has 0 amide bonds. The van der Waals surface area contributed by atoms with E-state index in [-0.39, 0.29) is 29.3 Å². The second kappa shape index (κ2) is 5.90. The Bertz CT molecular complexity index is 725. The Labute approximate surface area is 129 Å². The summed E-state index contributed by atoms with van der Waals surface area (Å²) in [5.74, 6) is -0.169. The number of benzene rings is 1. The Balaban J connectivity index is 2.09. The predicted octanol–water partition coefficient (Wildman–Crippen LogP) is 0.640. The summed E-state index contributed by atoms with van der Waals surface area (Å²) in [6, 6.07) is 6.41. The molecule has 6 nitrogen and oxygen atoms in total. The van der Waals surface area contributed by atoms with Crippen molar-refractivity contribution in [1.29, 1.82) is 0 Å². The van der Waals surface area contributed by atoms with Gasteiger partial charge in [-0.25, -0.2) is 16.8 Å². The van der Waals surface area contributed by atoms with Crippen molar-refractivity contribution in [2.75, 3.05) is 16.2 Å². The van der Waals surface area contributed by atoms with E-state index in [4.69, 9.17) is 18.0 Å².